The maximum absolute atomic E-state index is 11.6. The number of sulfonamides is 1. The molecule has 4 rings (SSSR count). The first-order valence-corrected chi connectivity index (χ1v) is 10.1. The van der Waals surface area contributed by atoms with Gasteiger partial charge in [0.1, 0.15) is 5.75 Å². The topological polar surface area (TPSA) is 111 Å². The Bertz CT molecular complexity index is 1310. The van der Waals surface area contributed by atoms with Crippen molar-refractivity contribution in [1.82, 2.24) is 14.4 Å². The van der Waals surface area contributed by atoms with E-state index < -0.39 is 10.0 Å². The van der Waals surface area contributed by atoms with Gasteiger partial charge in [0.25, 0.3) is 0 Å². The highest BCUT2D eigenvalue weighted by atomic mass is 32.2. The van der Waals surface area contributed by atoms with E-state index in [0.29, 0.717) is 11.5 Å². The summed E-state index contributed by atoms with van der Waals surface area (Å²) in [5, 5.41) is 15.1. The molecule has 2 aromatic heterocycles. The molecular weight excluding hydrogens is 376 g/mol. The number of fused-ring (bicyclic) bond motifs is 1. The van der Waals surface area contributed by atoms with E-state index >= 15 is 0 Å². The van der Waals surface area contributed by atoms with Crippen molar-refractivity contribution < 1.29 is 13.5 Å². The van der Waals surface area contributed by atoms with E-state index in [1.54, 1.807) is 24.3 Å². The normalized spacial score (nSPS) is 11.8. The molecule has 3 N–H and O–H groups in total. The van der Waals surface area contributed by atoms with Gasteiger partial charge in [-0.1, -0.05) is 12.1 Å². The van der Waals surface area contributed by atoms with Crippen LogP contribution in [0.15, 0.2) is 59.6 Å². The molecule has 28 heavy (non-hydrogen) atoms. The van der Waals surface area contributed by atoms with Crippen molar-refractivity contribution in [3.63, 3.8) is 0 Å². The van der Waals surface area contributed by atoms with Crippen LogP contribution in [0.5, 0.6) is 5.75 Å². The van der Waals surface area contributed by atoms with E-state index in [-0.39, 0.29) is 10.6 Å². The molecule has 8 heteroatoms. The Morgan fingerprint density at radius 2 is 1.64 bits per heavy atom. The number of imidazole rings is 1. The molecule has 0 saturated carbocycles. The Kier molecular flexibility index (Phi) is 4.17. The summed E-state index contributed by atoms with van der Waals surface area (Å²) in [6.07, 6.45) is 1.88. The van der Waals surface area contributed by atoms with Crippen LogP contribution in [-0.4, -0.2) is 27.9 Å². The fourth-order valence-corrected chi connectivity index (χ4v) is 3.62. The van der Waals surface area contributed by atoms with E-state index in [0.717, 1.165) is 28.1 Å². The van der Waals surface area contributed by atoms with E-state index in [1.165, 1.54) is 12.1 Å². The molecule has 0 atom stereocenters. The van der Waals surface area contributed by atoms with Crippen molar-refractivity contribution in [2.24, 2.45) is 5.14 Å². The van der Waals surface area contributed by atoms with Crippen LogP contribution < -0.4 is 5.14 Å². The van der Waals surface area contributed by atoms with Gasteiger partial charge in [-0.25, -0.2) is 23.5 Å². The molecular formula is C20H18N4O3S. The van der Waals surface area contributed by atoms with Gasteiger partial charge in [-0.3, -0.25) is 4.40 Å². The number of aromatic nitrogens is 3. The lowest BCUT2D eigenvalue weighted by molar-refractivity contribution is 0.471. The standard InChI is InChI=1S/C20H18N4O3S/c1-12-11-15(5-8-17(12)25)18-19(24-10-9-13(2)22-20(24)23-18)14-3-6-16(7-4-14)28(21,26)27/h3-11,25H,1-2H3,(H2,21,26,27). The third-order valence-electron chi connectivity index (χ3n) is 4.56. The highest BCUT2D eigenvalue weighted by Gasteiger charge is 2.18. The minimum Gasteiger partial charge on any atom is -0.508 e. The fraction of sp³-hybridized carbons (Fsp3) is 0.100. The van der Waals surface area contributed by atoms with Gasteiger partial charge in [0.05, 0.1) is 16.3 Å². The first kappa shape index (κ1) is 18.1. The number of primary sulfonamides is 1. The van der Waals surface area contributed by atoms with E-state index in [2.05, 4.69) is 9.97 Å². The van der Waals surface area contributed by atoms with Crippen molar-refractivity contribution in [3.05, 3.63) is 66.0 Å². The lowest BCUT2D eigenvalue weighted by Crippen LogP contribution is -2.11. The van der Waals surface area contributed by atoms with E-state index in [9.17, 15) is 13.5 Å². The molecule has 7 nitrogen and oxygen atoms in total. The fourth-order valence-electron chi connectivity index (χ4n) is 3.10. The molecule has 0 saturated heterocycles. The molecule has 0 aliphatic rings. The second kappa shape index (κ2) is 6.43. The minimum absolute atomic E-state index is 0.0427. The van der Waals surface area contributed by atoms with Crippen molar-refractivity contribution in [2.75, 3.05) is 0 Å². The zero-order valence-corrected chi connectivity index (χ0v) is 16.1. The Hall–Kier alpha value is -3.23. The van der Waals surface area contributed by atoms with Crippen LogP contribution in [0, 0.1) is 13.8 Å². The maximum Gasteiger partial charge on any atom is 0.238 e. The molecule has 2 heterocycles. The van der Waals surface area contributed by atoms with Gasteiger partial charge in [-0.05, 0) is 55.8 Å². The third kappa shape index (κ3) is 3.12. The first-order chi connectivity index (χ1) is 13.2. The largest absolute Gasteiger partial charge is 0.508 e. The molecule has 4 aromatic rings. The van der Waals surface area contributed by atoms with Crippen LogP contribution in [0.25, 0.3) is 28.3 Å². The zero-order chi connectivity index (χ0) is 20.1. The number of benzene rings is 2. The van der Waals surface area contributed by atoms with Crippen molar-refractivity contribution >= 4 is 15.8 Å². The molecule has 0 amide bonds. The summed E-state index contributed by atoms with van der Waals surface area (Å²) in [6, 6.07) is 13.5. The van der Waals surface area contributed by atoms with Crippen molar-refractivity contribution in [3.8, 4) is 28.3 Å². The van der Waals surface area contributed by atoms with Gasteiger partial charge in [0.2, 0.25) is 15.8 Å². The minimum atomic E-state index is -3.77. The molecule has 0 aliphatic heterocycles. The summed E-state index contributed by atoms with van der Waals surface area (Å²) in [5.74, 6) is 0.742. The summed E-state index contributed by atoms with van der Waals surface area (Å²) in [5.41, 5.74) is 4.62. The monoisotopic (exact) mass is 394 g/mol. The number of nitrogens with two attached hydrogens (primary N) is 1. The Balaban J connectivity index is 1.99. The molecule has 2 aromatic carbocycles. The highest BCUT2D eigenvalue weighted by Crippen LogP contribution is 2.34. The van der Waals surface area contributed by atoms with E-state index in [4.69, 9.17) is 5.14 Å². The number of aryl methyl sites for hydroxylation is 2. The Morgan fingerprint density at radius 1 is 0.964 bits per heavy atom. The van der Waals surface area contributed by atoms with Gasteiger partial charge in [0.15, 0.2) is 0 Å². The van der Waals surface area contributed by atoms with Crippen molar-refractivity contribution in [1.29, 1.82) is 0 Å². The number of nitrogens with zero attached hydrogens (tertiary/aromatic N) is 3. The molecule has 0 bridgehead atoms. The van der Waals surface area contributed by atoms with Gasteiger partial charge in [-0.2, -0.15) is 0 Å². The van der Waals surface area contributed by atoms with Crippen LogP contribution in [0.4, 0.5) is 0 Å². The number of hydrogen-bond donors (Lipinski definition) is 2. The van der Waals surface area contributed by atoms with Gasteiger partial charge >= 0.3 is 0 Å². The zero-order valence-electron chi connectivity index (χ0n) is 15.3. The Morgan fingerprint density at radius 3 is 2.29 bits per heavy atom. The molecule has 0 unspecified atom stereocenters. The second-order valence-electron chi connectivity index (χ2n) is 6.62. The van der Waals surface area contributed by atoms with Gasteiger partial charge < -0.3 is 5.11 Å². The molecule has 0 spiro atoms. The van der Waals surface area contributed by atoms with Crippen LogP contribution in [0.2, 0.25) is 0 Å². The number of hydrogen-bond acceptors (Lipinski definition) is 5. The van der Waals surface area contributed by atoms with Crippen LogP contribution in [0.3, 0.4) is 0 Å². The molecule has 0 fully saturated rings. The average molecular weight is 394 g/mol. The summed E-state index contributed by atoms with van der Waals surface area (Å²) in [4.78, 5) is 9.22. The van der Waals surface area contributed by atoms with Gasteiger partial charge in [-0.15, -0.1) is 0 Å². The van der Waals surface area contributed by atoms with Crippen LogP contribution in [0.1, 0.15) is 11.3 Å². The van der Waals surface area contributed by atoms with Crippen molar-refractivity contribution in [2.45, 2.75) is 18.7 Å². The Labute approximate surface area is 162 Å². The summed E-state index contributed by atoms with van der Waals surface area (Å²) in [7, 11) is -3.77. The summed E-state index contributed by atoms with van der Waals surface area (Å²) in [6.45, 7) is 3.71. The number of rotatable bonds is 3. The van der Waals surface area contributed by atoms with Crippen LogP contribution >= 0.6 is 0 Å². The maximum atomic E-state index is 11.6. The highest BCUT2D eigenvalue weighted by molar-refractivity contribution is 7.89. The SMILES string of the molecule is Cc1ccn2c(-c3ccc(S(N)(=O)=O)cc3)c(-c3ccc(O)c(C)c3)nc2n1. The molecule has 0 radical (unpaired) electrons. The third-order valence-corrected chi connectivity index (χ3v) is 5.49. The first-order valence-electron chi connectivity index (χ1n) is 8.53. The number of phenolic OH excluding ortho intramolecular Hbond substituents is 1. The predicted molar refractivity (Wildman–Crippen MR) is 106 cm³/mol. The van der Waals surface area contributed by atoms with Crippen LogP contribution in [-0.2, 0) is 10.0 Å². The predicted octanol–water partition coefficient (Wildman–Crippen LogP) is 3.03. The lowest BCUT2D eigenvalue weighted by Gasteiger charge is -2.08. The summed E-state index contributed by atoms with van der Waals surface area (Å²) >= 11 is 0. The quantitative estimate of drug-likeness (QED) is 0.555. The number of aromatic hydroxyl groups is 1. The lowest BCUT2D eigenvalue weighted by atomic mass is 10.0. The second-order valence-corrected chi connectivity index (χ2v) is 8.18. The van der Waals surface area contributed by atoms with Gasteiger partial charge in [0, 0.05) is 23.0 Å². The number of phenols is 1. The molecule has 0 aliphatic carbocycles. The molecule has 142 valence electrons. The average Bonchev–Trinajstić information content (AvgIpc) is 3.01. The van der Waals surface area contributed by atoms with E-state index in [1.807, 2.05) is 36.6 Å². The summed E-state index contributed by atoms with van der Waals surface area (Å²) < 4.78 is 25.0. The smallest absolute Gasteiger partial charge is 0.238 e.